The first kappa shape index (κ1) is 14.9. The molecule has 0 unspecified atom stereocenters. The SMILES string of the molecule is Cc1ccc(OCCOc2ccc(C)c(C(=O)O)c2)cc1. The van der Waals surface area contributed by atoms with E-state index >= 15 is 0 Å². The van der Waals surface area contributed by atoms with E-state index in [1.807, 2.05) is 31.2 Å². The van der Waals surface area contributed by atoms with Gasteiger partial charge in [0.15, 0.2) is 0 Å². The number of aryl methyl sites for hydroxylation is 2. The molecule has 2 rings (SSSR count). The maximum absolute atomic E-state index is 11.0. The number of hydrogen-bond donors (Lipinski definition) is 1. The minimum Gasteiger partial charge on any atom is -0.490 e. The predicted molar refractivity (Wildman–Crippen MR) is 80.3 cm³/mol. The maximum Gasteiger partial charge on any atom is 0.336 e. The first-order valence-electron chi connectivity index (χ1n) is 6.72. The van der Waals surface area contributed by atoms with E-state index in [0.717, 1.165) is 5.75 Å². The molecule has 0 spiro atoms. The lowest BCUT2D eigenvalue weighted by Crippen LogP contribution is -2.09. The van der Waals surface area contributed by atoms with E-state index in [9.17, 15) is 4.79 Å². The highest BCUT2D eigenvalue weighted by Gasteiger charge is 2.08. The normalized spacial score (nSPS) is 10.2. The summed E-state index contributed by atoms with van der Waals surface area (Å²) in [5, 5.41) is 9.05. The smallest absolute Gasteiger partial charge is 0.336 e. The Morgan fingerprint density at radius 1 is 0.952 bits per heavy atom. The van der Waals surface area contributed by atoms with E-state index in [2.05, 4.69) is 0 Å². The number of carboxylic acids is 1. The van der Waals surface area contributed by atoms with Crippen molar-refractivity contribution in [1.29, 1.82) is 0 Å². The van der Waals surface area contributed by atoms with Gasteiger partial charge in [0.05, 0.1) is 5.56 Å². The minimum atomic E-state index is -0.950. The van der Waals surface area contributed by atoms with Crippen LogP contribution in [0.15, 0.2) is 42.5 Å². The Morgan fingerprint density at radius 2 is 1.52 bits per heavy atom. The average molecular weight is 286 g/mol. The summed E-state index contributed by atoms with van der Waals surface area (Å²) >= 11 is 0. The van der Waals surface area contributed by atoms with Crippen molar-refractivity contribution < 1.29 is 19.4 Å². The summed E-state index contributed by atoms with van der Waals surface area (Å²) in [4.78, 5) is 11.0. The predicted octanol–water partition coefficient (Wildman–Crippen LogP) is 3.46. The molecular formula is C17H18O4. The molecule has 0 amide bonds. The van der Waals surface area contributed by atoms with Crippen LogP contribution in [0.4, 0.5) is 0 Å². The molecule has 0 aliphatic rings. The van der Waals surface area contributed by atoms with Gasteiger partial charge in [-0.2, -0.15) is 0 Å². The Labute approximate surface area is 123 Å². The van der Waals surface area contributed by atoms with Gasteiger partial charge in [-0.3, -0.25) is 0 Å². The molecule has 0 atom stereocenters. The van der Waals surface area contributed by atoms with Crippen LogP contribution < -0.4 is 9.47 Å². The van der Waals surface area contributed by atoms with Gasteiger partial charge in [-0.1, -0.05) is 23.8 Å². The standard InChI is InChI=1S/C17H18O4/c1-12-3-6-14(7-4-12)20-9-10-21-15-8-5-13(2)16(11-15)17(18)19/h3-8,11H,9-10H2,1-2H3,(H,18,19). The Kier molecular flexibility index (Phi) is 4.82. The Balaban J connectivity index is 1.85. The number of aromatic carboxylic acids is 1. The maximum atomic E-state index is 11.0. The summed E-state index contributed by atoms with van der Waals surface area (Å²) in [6.45, 7) is 4.54. The molecule has 21 heavy (non-hydrogen) atoms. The zero-order valence-electron chi connectivity index (χ0n) is 12.1. The van der Waals surface area contributed by atoms with Crippen molar-refractivity contribution in [1.82, 2.24) is 0 Å². The van der Waals surface area contributed by atoms with E-state index in [-0.39, 0.29) is 5.56 Å². The summed E-state index contributed by atoms with van der Waals surface area (Å²) < 4.78 is 11.1. The van der Waals surface area contributed by atoms with Crippen molar-refractivity contribution in [3.05, 3.63) is 59.2 Å². The second-order valence-corrected chi connectivity index (χ2v) is 4.79. The van der Waals surface area contributed by atoms with Crippen LogP contribution in [0.1, 0.15) is 21.5 Å². The van der Waals surface area contributed by atoms with Crippen molar-refractivity contribution >= 4 is 5.97 Å². The van der Waals surface area contributed by atoms with Gasteiger partial charge in [0.1, 0.15) is 24.7 Å². The quantitative estimate of drug-likeness (QED) is 0.826. The van der Waals surface area contributed by atoms with Gasteiger partial charge in [-0.05, 0) is 43.7 Å². The fourth-order valence-corrected chi connectivity index (χ4v) is 1.87. The van der Waals surface area contributed by atoms with Crippen molar-refractivity contribution in [3.63, 3.8) is 0 Å². The fourth-order valence-electron chi connectivity index (χ4n) is 1.87. The highest BCUT2D eigenvalue weighted by atomic mass is 16.5. The van der Waals surface area contributed by atoms with Crippen LogP contribution in [-0.2, 0) is 0 Å². The number of carboxylic acid groups (broad SMARTS) is 1. The van der Waals surface area contributed by atoms with Gasteiger partial charge >= 0.3 is 5.97 Å². The number of hydrogen-bond acceptors (Lipinski definition) is 3. The molecular weight excluding hydrogens is 268 g/mol. The second kappa shape index (κ2) is 6.79. The van der Waals surface area contributed by atoms with E-state index in [1.54, 1.807) is 19.1 Å². The molecule has 0 fully saturated rings. The molecule has 0 bridgehead atoms. The summed E-state index contributed by atoms with van der Waals surface area (Å²) in [6, 6.07) is 12.8. The average Bonchev–Trinajstić information content (AvgIpc) is 2.46. The molecule has 4 nitrogen and oxygen atoms in total. The largest absolute Gasteiger partial charge is 0.490 e. The zero-order valence-corrected chi connectivity index (χ0v) is 12.1. The lowest BCUT2D eigenvalue weighted by molar-refractivity contribution is 0.0695. The summed E-state index contributed by atoms with van der Waals surface area (Å²) in [7, 11) is 0. The number of ether oxygens (including phenoxy) is 2. The van der Waals surface area contributed by atoms with Gasteiger partial charge in [-0.15, -0.1) is 0 Å². The van der Waals surface area contributed by atoms with Gasteiger partial charge in [0, 0.05) is 0 Å². The van der Waals surface area contributed by atoms with Gasteiger partial charge in [-0.25, -0.2) is 4.79 Å². The number of benzene rings is 2. The van der Waals surface area contributed by atoms with Crippen molar-refractivity contribution in [2.75, 3.05) is 13.2 Å². The van der Waals surface area contributed by atoms with Crippen LogP contribution in [0.5, 0.6) is 11.5 Å². The fraction of sp³-hybridized carbons (Fsp3) is 0.235. The molecule has 0 radical (unpaired) electrons. The molecule has 0 saturated carbocycles. The third kappa shape index (κ3) is 4.24. The van der Waals surface area contributed by atoms with Crippen molar-refractivity contribution in [2.24, 2.45) is 0 Å². The first-order chi connectivity index (χ1) is 10.1. The van der Waals surface area contributed by atoms with Crippen LogP contribution in [0.25, 0.3) is 0 Å². The van der Waals surface area contributed by atoms with Crippen LogP contribution in [0.3, 0.4) is 0 Å². The molecule has 1 N–H and O–H groups in total. The molecule has 0 saturated heterocycles. The van der Waals surface area contributed by atoms with Gasteiger partial charge < -0.3 is 14.6 Å². The molecule has 0 aliphatic carbocycles. The highest BCUT2D eigenvalue weighted by molar-refractivity contribution is 5.89. The van der Waals surface area contributed by atoms with E-state index in [0.29, 0.717) is 24.5 Å². The van der Waals surface area contributed by atoms with Gasteiger partial charge in [0.2, 0.25) is 0 Å². The molecule has 4 heteroatoms. The Morgan fingerprint density at radius 3 is 2.14 bits per heavy atom. The van der Waals surface area contributed by atoms with E-state index in [4.69, 9.17) is 14.6 Å². The molecule has 2 aromatic rings. The second-order valence-electron chi connectivity index (χ2n) is 4.79. The molecule has 110 valence electrons. The van der Waals surface area contributed by atoms with Crippen molar-refractivity contribution in [2.45, 2.75) is 13.8 Å². The third-order valence-electron chi connectivity index (χ3n) is 3.08. The molecule has 0 aliphatic heterocycles. The topological polar surface area (TPSA) is 55.8 Å². The Bertz CT molecular complexity index is 617. The van der Waals surface area contributed by atoms with Crippen molar-refractivity contribution in [3.8, 4) is 11.5 Å². The van der Waals surface area contributed by atoms with Crippen LogP contribution in [0.2, 0.25) is 0 Å². The molecule has 0 heterocycles. The molecule has 2 aromatic carbocycles. The van der Waals surface area contributed by atoms with Crippen LogP contribution in [-0.4, -0.2) is 24.3 Å². The number of carbonyl (C=O) groups is 1. The minimum absolute atomic E-state index is 0.256. The zero-order chi connectivity index (χ0) is 15.2. The van der Waals surface area contributed by atoms with Crippen LogP contribution in [0, 0.1) is 13.8 Å². The lowest BCUT2D eigenvalue weighted by Gasteiger charge is -2.10. The Hall–Kier alpha value is -2.49. The summed E-state index contributed by atoms with van der Waals surface area (Å²) in [5.41, 5.74) is 2.15. The molecule has 0 aromatic heterocycles. The summed E-state index contributed by atoms with van der Waals surface area (Å²) in [6.07, 6.45) is 0. The lowest BCUT2D eigenvalue weighted by atomic mass is 10.1. The van der Waals surface area contributed by atoms with Gasteiger partial charge in [0.25, 0.3) is 0 Å². The highest BCUT2D eigenvalue weighted by Crippen LogP contribution is 2.17. The number of rotatable bonds is 6. The van der Waals surface area contributed by atoms with Crippen LogP contribution >= 0.6 is 0 Å². The monoisotopic (exact) mass is 286 g/mol. The van der Waals surface area contributed by atoms with E-state index in [1.165, 1.54) is 11.6 Å². The third-order valence-corrected chi connectivity index (χ3v) is 3.08. The van der Waals surface area contributed by atoms with E-state index < -0.39 is 5.97 Å². The summed E-state index contributed by atoms with van der Waals surface area (Å²) in [5.74, 6) is 0.374. The first-order valence-corrected chi connectivity index (χ1v) is 6.72.